The maximum Gasteiger partial charge on any atom is 0.371 e. The van der Waals surface area contributed by atoms with E-state index in [2.05, 4.69) is 4.98 Å². The van der Waals surface area contributed by atoms with Gasteiger partial charge in [-0.2, -0.15) is 0 Å². The van der Waals surface area contributed by atoms with Crippen molar-refractivity contribution >= 4 is 5.97 Å². The number of pyridine rings is 1. The van der Waals surface area contributed by atoms with E-state index in [9.17, 15) is 4.79 Å². The third kappa shape index (κ3) is 2.68. The van der Waals surface area contributed by atoms with Crippen LogP contribution in [0.15, 0.2) is 35.0 Å². The number of hydrogen-bond acceptors (Lipinski definition) is 4. The fourth-order valence-electron chi connectivity index (χ4n) is 1.46. The second-order valence-corrected chi connectivity index (χ2v) is 3.73. The van der Waals surface area contributed by atoms with Crippen molar-refractivity contribution in [2.45, 2.75) is 13.3 Å². The van der Waals surface area contributed by atoms with Crippen LogP contribution >= 0.6 is 0 Å². The molecule has 0 amide bonds. The number of carbonyl (C=O) groups is 1. The van der Waals surface area contributed by atoms with Crippen molar-refractivity contribution < 1.29 is 19.1 Å². The van der Waals surface area contributed by atoms with Gasteiger partial charge in [-0.05, 0) is 24.6 Å². The summed E-state index contributed by atoms with van der Waals surface area (Å²) in [5.74, 6) is -0.0815. The zero-order valence-electron chi connectivity index (χ0n) is 9.92. The second kappa shape index (κ2) is 5.35. The van der Waals surface area contributed by atoms with E-state index in [1.807, 2.05) is 6.92 Å². The van der Waals surface area contributed by atoms with Crippen LogP contribution in [0.4, 0.5) is 0 Å². The van der Waals surface area contributed by atoms with Gasteiger partial charge in [0.05, 0.1) is 12.8 Å². The van der Waals surface area contributed by atoms with Crippen molar-refractivity contribution in [3.05, 3.63) is 36.4 Å². The van der Waals surface area contributed by atoms with Gasteiger partial charge in [0.25, 0.3) is 0 Å². The van der Waals surface area contributed by atoms with Gasteiger partial charge in [-0.25, -0.2) is 4.79 Å². The molecular weight excluding hydrogens is 234 g/mol. The van der Waals surface area contributed by atoms with Crippen molar-refractivity contribution in [1.82, 2.24) is 4.98 Å². The second-order valence-electron chi connectivity index (χ2n) is 3.73. The minimum atomic E-state index is -1.09. The topological polar surface area (TPSA) is 72.6 Å². The third-order valence-corrected chi connectivity index (χ3v) is 2.29. The Morgan fingerprint density at radius 3 is 2.94 bits per heavy atom. The Kier molecular flexibility index (Phi) is 3.62. The van der Waals surface area contributed by atoms with Crippen molar-refractivity contribution in [2.75, 3.05) is 6.61 Å². The van der Waals surface area contributed by atoms with E-state index in [1.54, 1.807) is 24.5 Å². The molecule has 1 N–H and O–H groups in total. The van der Waals surface area contributed by atoms with Crippen LogP contribution in [0, 0.1) is 0 Å². The number of aromatic nitrogens is 1. The predicted octanol–water partition coefficient (Wildman–Crippen LogP) is 2.83. The van der Waals surface area contributed by atoms with E-state index in [0.717, 1.165) is 6.42 Å². The molecule has 0 saturated heterocycles. The molecule has 18 heavy (non-hydrogen) atoms. The van der Waals surface area contributed by atoms with Gasteiger partial charge in [0, 0.05) is 11.8 Å². The summed E-state index contributed by atoms with van der Waals surface area (Å²) >= 11 is 0. The van der Waals surface area contributed by atoms with Crippen LogP contribution in [0.1, 0.15) is 23.9 Å². The molecule has 0 unspecified atom stereocenters. The van der Waals surface area contributed by atoms with Crippen LogP contribution < -0.4 is 4.74 Å². The lowest BCUT2D eigenvalue weighted by Crippen LogP contribution is -1.95. The van der Waals surface area contributed by atoms with Gasteiger partial charge in [-0.15, -0.1) is 0 Å². The van der Waals surface area contributed by atoms with E-state index in [4.69, 9.17) is 14.3 Å². The monoisotopic (exact) mass is 247 g/mol. The maximum absolute atomic E-state index is 10.7. The molecule has 0 aromatic carbocycles. The zero-order chi connectivity index (χ0) is 13.0. The minimum absolute atomic E-state index is 0.0927. The summed E-state index contributed by atoms with van der Waals surface area (Å²) in [5, 5.41) is 8.78. The molecule has 0 aliphatic rings. The Hall–Kier alpha value is -2.30. The van der Waals surface area contributed by atoms with Crippen molar-refractivity contribution in [3.8, 4) is 17.1 Å². The van der Waals surface area contributed by atoms with Gasteiger partial charge in [0.15, 0.2) is 0 Å². The molecular formula is C13H13NO4. The zero-order valence-corrected chi connectivity index (χ0v) is 9.92. The lowest BCUT2D eigenvalue weighted by Gasteiger charge is -2.04. The highest BCUT2D eigenvalue weighted by Crippen LogP contribution is 2.24. The first-order valence-electron chi connectivity index (χ1n) is 5.62. The quantitative estimate of drug-likeness (QED) is 0.879. The summed E-state index contributed by atoms with van der Waals surface area (Å²) in [5.41, 5.74) is 0.691. The lowest BCUT2D eigenvalue weighted by atomic mass is 10.2. The van der Waals surface area contributed by atoms with Crippen LogP contribution in [-0.2, 0) is 0 Å². The standard InChI is InChI=1S/C13H13NO4/c1-2-5-17-10-6-9(7-14-8-10)11-3-4-12(18-11)13(15)16/h3-4,6-8H,2,5H2,1H3,(H,15,16). The largest absolute Gasteiger partial charge is 0.492 e. The molecule has 0 saturated carbocycles. The summed E-state index contributed by atoms with van der Waals surface area (Å²) in [7, 11) is 0. The number of ether oxygens (including phenoxy) is 1. The van der Waals surface area contributed by atoms with Crippen LogP contribution in [0.25, 0.3) is 11.3 Å². The average Bonchev–Trinajstić information content (AvgIpc) is 2.86. The third-order valence-electron chi connectivity index (χ3n) is 2.29. The van der Waals surface area contributed by atoms with E-state index >= 15 is 0 Å². The fourth-order valence-corrected chi connectivity index (χ4v) is 1.46. The first kappa shape index (κ1) is 12.2. The molecule has 2 heterocycles. The van der Waals surface area contributed by atoms with Gasteiger partial charge in [0.1, 0.15) is 11.5 Å². The Morgan fingerprint density at radius 2 is 2.28 bits per heavy atom. The summed E-state index contributed by atoms with van der Waals surface area (Å²) in [6.07, 6.45) is 4.12. The minimum Gasteiger partial charge on any atom is -0.492 e. The van der Waals surface area contributed by atoms with Gasteiger partial charge in [-0.1, -0.05) is 6.92 Å². The Labute approximate surface area is 104 Å². The highest BCUT2D eigenvalue weighted by Gasteiger charge is 2.11. The Balaban J connectivity index is 2.23. The number of aromatic carboxylic acids is 1. The van der Waals surface area contributed by atoms with Crippen LogP contribution in [0.3, 0.4) is 0 Å². The van der Waals surface area contributed by atoms with Crippen LogP contribution in [0.5, 0.6) is 5.75 Å². The maximum atomic E-state index is 10.7. The highest BCUT2D eigenvalue weighted by molar-refractivity contribution is 5.85. The summed E-state index contributed by atoms with van der Waals surface area (Å²) in [4.78, 5) is 14.8. The molecule has 94 valence electrons. The number of hydrogen-bond donors (Lipinski definition) is 1. The van der Waals surface area contributed by atoms with E-state index in [-0.39, 0.29) is 5.76 Å². The smallest absolute Gasteiger partial charge is 0.371 e. The SMILES string of the molecule is CCCOc1cncc(-c2ccc(C(=O)O)o2)c1. The molecule has 5 heteroatoms. The number of carboxylic acids is 1. The van der Waals surface area contributed by atoms with Crippen molar-refractivity contribution in [2.24, 2.45) is 0 Å². The summed E-state index contributed by atoms with van der Waals surface area (Å²) in [6.45, 7) is 2.63. The van der Waals surface area contributed by atoms with Gasteiger partial charge in [-0.3, -0.25) is 4.98 Å². The van der Waals surface area contributed by atoms with Crippen molar-refractivity contribution in [1.29, 1.82) is 0 Å². The molecule has 0 aliphatic heterocycles. The molecule has 0 spiro atoms. The molecule has 2 rings (SSSR count). The lowest BCUT2D eigenvalue weighted by molar-refractivity contribution is 0.0663. The molecule has 0 bridgehead atoms. The summed E-state index contributed by atoms with van der Waals surface area (Å²) in [6, 6.07) is 4.79. The Bertz CT molecular complexity index is 547. The molecule has 2 aromatic rings. The number of carboxylic acid groups (broad SMARTS) is 1. The van der Waals surface area contributed by atoms with Crippen LogP contribution in [0.2, 0.25) is 0 Å². The average molecular weight is 247 g/mol. The Morgan fingerprint density at radius 1 is 1.44 bits per heavy atom. The van der Waals surface area contributed by atoms with E-state index in [0.29, 0.717) is 23.7 Å². The van der Waals surface area contributed by atoms with E-state index < -0.39 is 5.97 Å². The number of furan rings is 1. The van der Waals surface area contributed by atoms with Gasteiger partial charge in [0.2, 0.25) is 5.76 Å². The number of nitrogens with zero attached hydrogens (tertiary/aromatic N) is 1. The highest BCUT2D eigenvalue weighted by atomic mass is 16.5. The molecule has 0 aliphatic carbocycles. The molecule has 5 nitrogen and oxygen atoms in total. The van der Waals surface area contributed by atoms with Crippen LogP contribution in [-0.4, -0.2) is 22.7 Å². The molecule has 2 aromatic heterocycles. The molecule has 0 atom stereocenters. The molecule has 0 fully saturated rings. The fraction of sp³-hybridized carbons (Fsp3) is 0.231. The van der Waals surface area contributed by atoms with Crippen molar-refractivity contribution in [3.63, 3.8) is 0 Å². The van der Waals surface area contributed by atoms with Gasteiger partial charge >= 0.3 is 5.97 Å². The molecule has 0 radical (unpaired) electrons. The predicted molar refractivity (Wildman–Crippen MR) is 64.7 cm³/mol. The van der Waals surface area contributed by atoms with Gasteiger partial charge < -0.3 is 14.3 Å². The van der Waals surface area contributed by atoms with E-state index in [1.165, 1.54) is 6.07 Å². The first-order chi connectivity index (χ1) is 8.70. The summed E-state index contributed by atoms with van der Waals surface area (Å²) < 4.78 is 10.6. The normalized spacial score (nSPS) is 10.3. The first-order valence-corrected chi connectivity index (χ1v) is 5.62. The number of rotatable bonds is 5.